The maximum absolute atomic E-state index is 14.6. The number of amides is 8. The van der Waals surface area contributed by atoms with Gasteiger partial charge in [0.1, 0.15) is 36.3 Å². The van der Waals surface area contributed by atoms with Crippen molar-refractivity contribution in [2.75, 3.05) is 19.6 Å². The van der Waals surface area contributed by atoms with Gasteiger partial charge >= 0.3 is 0 Å². The molecule has 0 saturated carbocycles. The number of hydrogen-bond donors (Lipinski definition) is 11. The summed E-state index contributed by atoms with van der Waals surface area (Å²) in [5.74, 6) is -6.37. The first-order valence-corrected chi connectivity index (χ1v) is 22.5. The van der Waals surface area contributed by atoms with Crippen LogP contribution in [0.4, 0.5) is 0 Å². The van der Waals surface area contributed by atoms with Gasteiger partial charge in [-0.1, -0.05) is 66.7 Å². The SMILES string of the molecule is NC(=O)C[C@H](NC(=O)[C@H](CCCN=C(N)N)NC(=O)[C@@H]1CCCN1C(=O)[C@H](CCCN=C(N)N)NC(=O)[C@H](Cc1ccccc1)NC(=O)[C@H](Cc1ccccc1)NC(=O)Cc1cccnc1)C(N)=O. The maximum Gasteiger partial charge on any atom is 0.245 e. The molecule has 0 bridgehead atoms. The third kappa shape index (κ3) is 18.6. The molecular weight excluding hydrogens is 891 g/mol. The minimum absolute atomic E-state index is 0.00339. The molecule has 17 N–H and O–H groups in total. The second-order valence-electron chi connectivity index (χ2n) is 16.4. The molecule has 23 nitrogen and oxygen atoms in total. The number of pyridine rings is 1. The fourth-order valence-corrected chi connectivity index (χ4v) is 7.60. The lowest BCUT2D eigenvalue weighted by Gasteiger charge is -2.31. The molecule has 0 spiro atoms. The molecule has 1 fully saturated rings. The fraction of sp³-hybridized carbons (Fsp3) is 0.413. The highest BCUT2D eigenvalue weighted by molar-refractivity contribution is 5.98. The molecule has 1 aliphatic rings. The fourth-order valence-electron chi connectivity index (χ4n) is 7.60. The highest BCUT2D eigenvalue weighted by Crippen LogP contribution is 2.21. The molecule has 0 aliphatic carbocycles. The van der Waals surface area contributed by atoms with Crippen molar-refractivity contribution in [1.82, 2.24) is 36.5 Å². The van der Waals surface area contributed by atoms with Crippen LogP contribution in [0, 0.1) is 0 Å². The standard InChI is InChI=1S/C46H63N15O8/c47-37(62)26-33(39(48)64)59-40(65)31(16-8-20-54-45(49)50)57-43(68)36-18-10-22-61(36)44(69)32(17-9-21-55-46(51)52)58-42(67)35(24-29-13-5-2-6-14-29)60-41(66)34(23-28-11-3-1-4-12-28)56-38(63)25-30-15-7-19-53-27-30/h1-7,11-15,19,27,31-36H,8-10,16-18,20-26H2,(H2,47,62)(H2,48,64)(H,56,63)(H,57,68)(H,58,67)(H,59,65)(H,60,66)(H4,49,50,54)(H4,51,52,55)/t31-,32-,33-,34-,35-,36-/m0/s1. The number of rotatable bonds is 27. The van der Waals surface area contributed by atoms with Gasteiger partial charge in [0.2, 0.25) is 47.3 Å². The van der Waals surface area contributed by atoms with Crippen molar-refractivity contribution < 1.29 is 38.4 Å². The second kappa shape index (κ2) is 27.5. The maximum atomic E-state index is 14.6. The lowest BCUT2D eigenvalue weighted by atomic mass is 10.0. The number of nitrogens with zero attached hydrogens (tertiary/aromatic N) is 4. The topological polar surface area (TPSA) is 394 Å². The van der Waals surface area contributed by atoms with E-state index in [2.05, 4.69) is 41.6 Å². The highest BCUT2D eigenvalue weighted by atomic mass is 16.2. The Balaban J connectivity index is 1.60. The predicted octanol–water partition coefficient (Wildman–Crippen LogP) is -3.01. The van der Waals surface area contributed by atoms with E-state index in [1.54, 1.807) is 67.0 Å². The molecule has 2 aromatic carbocycles. The number of carbonyl (C=O) groups excluding carboxylic acids is 8. The van der Waals surface area contributed by atoms with Crippen LogP contribution in [-0.4, -0.2) is 125 Å². The molecule has 23 heteroatoms. The van der Waals surface area contributed by atoms with Gasteiger partial charge in [-0.05, 0) is 61.3 Å². The molecule has 4 rings (SSSR count). The van der Waals surface area contributed by atoms with Gasteiger partial charge in [0.15, 0.2) is 11.9 Å². The van der Waals surface area contributed by atoms with Crippen LogP contribution in [0.1, 0.15) is 61.6 Å². The van der Waals surface area contributed by atoms with E-state index in [1.807, 2.05) is 18.2 Å². The van der Waals surface area contributed by atoms with E-state index >= 15 is 0 Å². The Morgan fingerprint density at radius 3 is 1.64 bits per heavy atom. The zero-order valence-corrected chi connectivity index (χ0v) is 38.3. The average Bonchev–Trinajstić information content (AvgIpc) is 3.81. The van der Waals surface area contributed by atoms with Crippen molar-refractivity contribution >= 4 is 59.2 Å². The van der Waals surface area contributed by atoms with Gasteiger partial charge in [0, 0.05) is 44.9 Å². The van der Waals surface area contributed by atoms with Gasteiger partial charge in [-0.25, -0.2) is 0 Å². The number of likely N-dealkylation sites (tertiary alicyclic amines) is 1. The van der Waals surface area contributed by atoms with E-state index in [0.29, 0.717) is 17.5 Å². The van der Waals surface area contributed by atoms with E-state index < -0.39 is 89.9 Å². The number of guanidine groups is 2. The molecule has 2 heterocycles. The van der Waals surface area contributed by atoms with Gasteiger partial charge in [-0.3, -0.25) is 53.3 Å². The highest BCUT2D eigenvalue weighted by Gasteiger charge is 2.40. The number of aliphatic imine (C=N–C) groups is 2. The van der Waals surface area contributed by atoms with E-state index in [-0.39, 0.29) is 82.9 Å². The summed E-state index contributed by atoms with van der Waals surface area (Å²) in [6, 6.07) is 13.8. The van der Waals surface area contributed by atoms with Crippen molar-refractivity contribution in [3.8, 4) is 0 Å². The average molecular weight is 954 g/mol. The number of aromatic nitrogens is 1. The van der Waals surface area contributed by atoms with Crippen LogP contribution in [0.25, 0.3) is 0 Å². The van der Waals surface area contributed by atoms with E-state index in [9.17, 15) is 38.4 Å². The Hall–Kier alpha value is -8.11. The summed E-state index contributed by atoms with van der Waals surface area (Å²) in [6.07, 6.45) is 3.49. The molecule has 1 aliphatic heterocycles. The first-order valence-electron chi connectivity index (χ1n) is 22.5. The van der Waals surface area contributed by atoms with Crippen LogP contribution >= 0.6 is 0 Å². The first-order chi connectivity index (χ1) is 33.0. The molecule has 3 aromatic rings. The van der Waals surface area contributed by atoms with Crippen LogP contribution in [0.3, 0.4) is 0 Å². The summed E-state index contributed by atoms with van der Waals surface area (Å²) < 4.78 is 0. The lowest BCUT2D eigenvalue weighted by Crippen LogP contribution is -2.60. The number of primary amides is 2. The van der Waals surface area contributed by atoms with Crippen molar-refractivity contribution in [3.63, 3.8) is 0 Å². The molecule has 1 aromatic heterocycles. The third-order valence-corrected chi connectivity index (χ3v) is 11.0. The smallest absolute Gasteiger partial charge is 0.245 e. The summed E-state index contributed by atoms with van der Waals surface area (Å²) in [7, 11) is 0. The lowest BCUT2D eigenvalue weighted by molar-refractivity contribution is -0.142. The number of benzene rings is 2. The summed E-state index contributed by atoms with van der Waals surface area (Å²) >= 11 is 0. The first kappa shape index (κ1) is 53.5. The summed E-state index contributed by atoms with van der Waals surface area (Å²) in [5, 5.41) is 13.5. The van der Waals surface area contributed by atoms with Gasteiger partial charge in [0.05, 0.1) is 12.8 Å². The van der Waals surface area contributed by atoms with Crippen LogP contribution in [0.5, 0.6) is 0 Å². The quantitative estimate of drug-likeness (QED) is 0.0206. The molecule has 0 unspecified atom stereocenters. The molecular formula is C46H63N15O8. The second-order valence-corrected chi connectivity index (χ2v) is 16.4. The largest absolute Gasteiger partial charge is 0.370 e. The zero-order valence-electron chi connectivity index (χ0n) is 38.3. The number of carbonyl (C=O) groups is 8. The number of hydrogen-bond acceptors (Lipinski definition) is 11. The Morgan fingerprint density at radius 1 is 0.609 bits per heavy atom. The van der Waals surface area contributed by atoms with Crippen molar-refractivity contribution in [3.05, 3.63) is 102 Å². The molecule has 370 valence electrons. The Morgan fingerprint density at radius 2 is 1.12 bits per heavy atom. The van der Waals surface area contributed by atoms with Crippen molar-refractivity contribution in [2.45, 2.75) is 100 Å². The van der Waals surface area contributed by atoms with E-state index in [0.717, 1.165) is 5.56 Å². The minimum Gasteiger partial charge on any atom is -0.370 e. The Kier molecular flexibility index (Phi) is 21.3. The van der Waals surface area contributed by atoms with Gasteiger partial charge in [0.25, 0.3) is 0 Å². The van der Waals surface area contributed by atoms with Gasteiger partial charge < -0.3 is 65.9 Å². The molecule has 6 atom stereocenters. The zero-order chi connectivity index (χ0) is 50.3. The Bertz CT molecular complexity index is 2280. The van der Waals surface area contributed by atoms with Crippen LogP contribution in [0.15, 0.2) is 95.2 Å². The monoisotopic (exact) mass is 953 g/mol. The van der Waals surface area contributed by atoms with E-state index in [1.165, 1.54) is 4.90 Å². The van der Waals surface area contributed by atoms with Crippen LogP contribution in [0.2, 0.25) is 0 Å². The number of nitrogens with two attached hydrogens (primary N) is 6. The van der Waals surface area contributed by atoms with E-state index in [4.69, 9.17) is 34.4 Å². The number of nitrogens with one attached hydrogen (secondary N) is 5. The van der Waals surface area contributed by atoms with Crippen molar-refractivity contribution in [1.29, 1.82) is 0 Å². The Labute approximate surface area is 399 Å². The summed E-state index contributed by atoms with van der Waals surface area (Å²) in [4.78, 5) is 121. The van der Waals surface area contributed by atoms with Gasteiger partial charge in [-0.15, -0.1) is 0 Å². The molecule has 0 radical (unpaired) electrons. The molecule has 8 amide bonds. The van der Waals surface area contributed by atoms with Crippen LogP contribution < -0.4 is 61.0 Å². The predicted molar refractivity (Wildman–Crippen MR) is 255 cm³/mol. The third-order valence-electron chi connectivity index (χ3n) is 11.0. The van der Waals surface area contributed by atoms with Gasteiger partial charge in [-0.2, -0.15) is 0 Å². The normalized spacial score (nSPS) is 15.1. The van der Waals surface area contributed by atoms with Crippen molar-refractivity contribution in [2.24, 2.45) is 44.4 Å². The summed E-state index contributed by atoms with van der Waals surface area (Å²) in [6.45, 7) is 0.275. The molecule has 69 heavy (non-hydrogen) atoms. The minimum atomic E-state index is -1.47. The van der Waals surface area contributed by atoms with Crippen LogP contribution in [-0.2, 0) is 57.6 Å². The summed E-state index contributed by atoms with van der Waals surface area (Å²) in [5.41, 5.74) is 34.7. The molecule has 1 saturated heterocycles.